The fourth-order valence-electron chi connectivity index (χ4n) is 2.41. The summed E-state index contributed by atoms with van der Waals surface area (Å²) in [5.41, 5.74) is 2.12. The van der Waals surface area contributed by atoms with E-state index in [9.17, 15) is 8.42 Å². The number of anilines is 2. The first-order chi connectivity index (χ1) is 12.5. The zero-order valence-corrected chi connectivity index (χ0v) is 14.1. The number of rotatable bonds is 4. The van der Waals surface area contributed by atoms with Crippen molar-refractivity contribution in [3.8, 4) is 11.4 Å². The van der Waals surface area contributed by atoms with Crippen LogP contribution in [0.4, 0.5) is 11.5 Å². The van der Waals surface area contributed by atoms with Gasteiger partial charge in [-0.3, -0.25) is 4.98 Å². The highest BCUT2D eigenvalue weighted by molar-refractivity contribution is 7.89. The van der Waals surface area contributed by atoms with Crippen molar-refractivity contribution in [2.75, 3.05) is 5.32 Å². The molecule has 0 saturated heterocycles. The Hall–Kier alpha value is -3.37. The van der Waals surface area contributed by atoms with Gasteiger partial charge in [0.05, 0.1) is 4.90 Å². The minimum absolute atomic E-state index is 0.0465. The van der Waals surface area contributed by atoms with E-state index in [1.165, 1.54) is 12.1 Å². The van der Waals surface area contributed by atoms with Crippen molar-refractivity contribution in [1.29, 1.82) is 0 Å². The number of hydrogen-bond donors (Lipinski definition) is 2. The number of nitrogens with zero attached hydrogens (tertiary/aromatic N) is 5. The Morgan fingerprint density at radius 3 is 2.35 bits per heavy atom. The molecule has 10 heteroatoms. The molecule has 130 valence electrons. The highest BCUT2D eigenvalue weighted by Gasteiger charge is 2.10. The van der Waals surface area contributed by atoms with Gasteiger partial charge < -0.3 is 5.32 Å². The average Bonchev–Trinajstić information content (AvgIpc) is 3.05. The number of hydrogen-bond acceptors (Lipinski definition) is 7. The minimum atomic E-state index is -3.72. The van der Waals surface area contributed by atoms with Crippen molar-refractivity contribution < 1.29 is 8.42 Å². The Bertz CT molecular complexity index is 1170. The zero-order chi connectivity index (χ0) is 18.1. The van der Waals surface area contributed by atoms with Crippen LogP contribution in [-0.2, 0) is 10.0 Å². The van der Waals surface area contributed by atoms with Gasteiger partial charge in [0.1, 0.15) is 0 Å². The molecule has 3 heterocycles. The summed E-state index contributed by atoms with van der Waals surface area (Å²) >= 11 is 0. The molecule has 3 N–H and O–H groups in total. The number of benzene rings is 1. The quantitative estimate of drug-likeness (QED) is 0.560. The maximum absolute atomic E-state index is 11.3. The number of nitrogens with one attached hydrogen (secondary N) is 1. The van der Waals surface area contributed by atoms with E-state index < -0.39 is 10.0 Å². The SMILES string of the molecule is NS(=O)(=O)c1ccc(Nc2ccc3nnc(-c4ccncc4)n3n2)cc1. The van der Waals surface area contributed by atoms with E-state index in [1.54, 1.807) is 41.2 Å². The first-order valence-corrected chi connectivity index (χ1v) is 9.08. The van der Waals surface area contributed by atoms with Crippen LogP contribution in [-0.4, -0.2) is 33.2 Å². The predicted molar refractivity (Wildman–Crippen MR) is 95.1 cm³/mol. The second kappa shape index (κ2) is 6.17. The smallest absolute Gasteiger partial charge is 0.238 e. The molecule has 0 fully saturated rings. The first-order valence-electron chi connectivity index (χ1n) is 7.53. The van der Waals surface area contributed by atoms with Crippen molar-refractivity contribution >= 4 is 27.2 Å². The summed E-state index contributed by atoms with van der Waals surface area (Å²) in [5, 5.41) is 21.0. The van der Waals surface area contributed by atoms with Crippen LogP contribution in [0.1, 0.15) is 0 Å². The normalized spacial score (nSPS) is 11.6. The molecule has 0 bridgehead atoms. The number of nitrogens with two attached hydrogens (primary N) is 1. The zero-order valence-electron chi connectivity index (χ0n) is 13.3. The third-order valence-electron chi connectivity index (χ3n) is 3.66. The molecule has 0 amide bonds. The van der Waals surface area contributed by atoms with Gasteiger partial charge in [0, 0.05) is 23.6 Å². The number of pyridine rings is 1. The molecule has 9 nitrogen and oxygen atoms in total. The second-order valence-electron chi connectivity index (χ2n) is 5.44. The molecule has 0 radical (unpaired) electrons. The summed E-state index contributed by atoms with van der Waals surface area (Å²) in [6.45, 7) is 0. The molecule has 4 aromatic rings. The number of aromatic nitrogens is 5. The largest absolute Gasteiger partial charge is 0.339 e. The monoisotopic (exact) mass is 367 g/mol. The lowest BCUT2D eigenvalue weighted by molar-refractivity contribution is 0.598. The molecule has 0 aliphatic carbocycles. The van der Waals surface area contributed by atoms with E-state index in [4.69, 9.17) is 5.14 Å². The van der Waals surface area contributed by atoms with Crippen LogP contribution >= 0.6 is 0 Å². The van der Waals surface area contributed by atoms with Gasteiger partial charge in [-0.1, -0.05) is 0 Å². The topological polar surface area (TPSA) is 128 Å². The van der Waals surface area contributed by atoms with Gasteiger partial charge in [-0.15, -0.1) is 15.3 Å². The van der Waals surface area contributed by atoms with Gasteiger partial charge >= 0.3 is 0 Å². The van der Waals surface area contributed by atoms with Crippen molar-refractivity contribution in [1.82, 2.24) is 24.8 Å². The highest BCUT2D eigenvalue weighted by atomic mass is 32.2. The van der Waals surface area contributed by atoms with Crippen LogP contribution in [0.5, 0.6) is 0 Å². The molecule has 0 aliphatic heterocycles. The fourth-order valence-corrected chi connectivity index (χ4v) is 2.93. The Morgan fingerprint density at radius 2 is 1.65 bits per heavy atom. The summed E-state index contributed by atoms with van der Waals surface area (Å²) in [5.74, 6) is 1.14. The van der Waals surface area contributed by atoms with Gasteiger partial charge in [0.2, 0.25) is 10.0 Å². The lowest BCUT2D eigenvalue weighted by Crippen LogP contribution is -2.11. The maximum Gasteiger partial charge on any atom is 0.238 e. The first kappa shape index (κ1) is 16.1. The summed E-state index contributed by atoms with van der Waals surface area (Å²) in [6.07, 6.45) is 3.34. The van der Waals surface area contributed by atoms with Crippen LogP contribution in [0.25, 0.3) is 17.0 Å². The molecule has 26 heavy (non-hydrogen) atoms. The standard InChI is InChI=1S/C16H13N7O2S/c17-26(24,25)13-3-1-12(2-4-13)19-14-5-6-15-20-21-16(23(15)22-14)11-7-9-18-10-8-11/h1-10H,(H,19,22)(H2,17,24,25). The van der Waals surface area contributed by atoms with Crippen molar-refractivity contribution in [3.63, 3.8) is 0 Å². The van der Waals surface area contributed by atoms with Crippen molar-refractivity contribution in [3.05, 3.63) is 60.9 Å². The lowest BCUT2D eigenvalue weighted by atomic mass is 10.2. The lowest BCUT2D eigenvalue weighted by Gasteiger charge is -2.07. The van der Waals surface area contributed by atoms with Crippen molar-refractivity contribution in [2.45, 2.75) is 4.90 Å². The fraction of sp³-hybridized carbons (Fsp3) is 0. The maximum atomic E-state index is 11.3. The molecule has 0 unspecified atom stereocenters. The molecule has 0 aliphatic rings. The Labute approximate surface area is 148 Å². The Kier molecular flexibility index (Phi) is 3.82. The van der Waals surface area contributed by atoms with E-state index in [0.29, 0.717) is 23.0 Å². The summed E-state index contributed by atoms with van der Waals surface area (Å²) in [7, 11) is -3.72. The highest BCUT2D eigenvalue weighted by Crippen LogP contribution is 2.20. The van der Waals surface area contributed by atoms with Gasteiger partial charge in [-0.25, -0.2) is 13.6 Å². The molecule has 3 aromatic heterocycles. The summed E-state index contributed by atoms with van der Waals surface area (Å²) < 4.78 is 24.3. The molecule has 0 atom stereocenters. The molecular weight excluding hydrogens is 354 g/mol. The summed E-state index contributed by atoms with van der Waals surface area (Å²) in [4.78, 5) is 4.04. The third-order valence-corrected chi connectivity index (χ3v) is 4.59. The van der Waals surface area contributed by atoms with Crippen LogP contribution in [0.3, 0.4) is 0 Å². The predicted octanol–water partition coefficient (Wildman–Crippen LogP) is 1.58. The van der Waals surface area contributed by atoms with E-state index >= 15 is 0 Å². The van der Waals surface area contributed by atoms with Crippen LogP contribution in [0.15, 0.2) is 65.8 Å². The minimum Gasteiger partial charge on any atom is -0.339 e. The van der Waals surface area contributed by atoms with Gasteiger partial charge in [0.15, 0.2) is 17.3 Å². The van der Waals surface area contributed by atoms with Gasteiger partial charge in [0.25, 0.3) is 0 Å². The number of sulfonamides is 1. The Balaban J connectivity index is 1.67. The Morgan fingerprint density at radius 1 is 0.923 bits per heavy atom. The van der Waals surface area contributed by atoms with Crippen LogP contribution in [0.2, 0.25) is 0 Å². The number of fused-ring (bicyclic) bond motifs is 1. The van der Waals surface area contributed by atoms with Crippen LogP contribution in [0, 0.1) is 0 Å². The number of primary sulfonamides is 1. The van der Waals surface area contributed by atoms with Crippen LogP contribution < -0.4 is 10.5 Å². The van der Waals surface area contributed by atoms with E-state index in [0.717, 1.165) is 5.56 Å². The van der Waals surface area contributed by atoms with Gasteiger partial charge in [-0.2, -0.15) is 4.52 Å². The third kappa shape index (κ3) is 3.10. The van der Waals surface area contributed by atoms with Crippen molar-refractivity contribution in [2.24, 2.45) is 5.14 Å². The molecule has 1 aromatic carbocycles. The summed E-state index contributed by atoms with van der Waals surface area (Å²) in [6, 6.07) is 13.3. The molecule has 4 rings (SSSR count). The van der Waals surface area contributed by atoms with E-state index in [-0.39, 0.29) is 4.90 Å². The van der Waals surface area contributed by atoms with E-state index in [2.05, 4.69) is 25.6 Å². The van der Waals surface area contributed by atoms with E-state index in [1.807, 2.05) is 12.1 Å². The average molecular weight is 367 g/mol. The second-order valence-corrected chi connectivity index (χ2v) is 7.00. The van der Waals surface area contributed by atoms with Gasteiger partial charge in [-0.05, 0) is 48.5 Å². The molecular formula is C16H13N7O2S. The molecule has 0 saturated carbocycles. The molecule has 0 spiro atoms.